The molecule has 0 radical (unpaired) electrons. The van der Waals surface area contributed by atoms with Gasteiger partial charge >= 0.3 is 0 Å². The van der Waals surface area contributed by atoms with Crippen molar-refractivity contribution in [2.24, 2.45) is 5.92 Å². The van der Waals surface area contributed by atoms with E-state index < -0.39 is 23.3 Å². The van der Waals surface area contributed by atoms with E-state index in [0.29, 0.717) is 29.5 Å². The first-order valence-electron chi connectivity index (χ1n) is 11.6. The van der Waals surface area contributed by atoms with E-state index in [2.05, 4.69) is 0 Å². The Morgan fingerprint density at radius 3 is 2.06 bits per heavy atom. The molecular formula is C27H32F4. The van der Waals surface area contributed by atoms with E-state index in [0.717, 1.165) is 44.9 Å². The topological polar surface area (TPSA) is 0 Å². The lowest BCUT2D eigenvalue weighted by Gasteiger charge is -2.27. The highest BCUT2D eigenvalue weighted by Gasteiger charge is 2.25. The normalized spacial score (nSPS) is 19.3. The van der Waals surface area contributed by atoms with Gasteiger partial charge in [-0.1, -0.05) is 63.1 Å². The average molecular weight is 433 g/mol. The van der Waals surface area contributed by atoms with Crippen LogP contribution in [0.5, 0.6) is 0 Å². The van der Waals surface area contributed by atoms with Gasteiger partial charge in [-0.15, -0.1) is 0 Å². The van der Waals surface area contributed by atoms with Crippen LogP contribution in [0.4, 0.5) is 17.6 Å². The molecule has 0 atom stereocenters. The highest BCUT2D eigenvalue weighted by atomic mass is 19.2. The van der Waals surface area contributed by atoms with Crippen LogP contribution in [0.3, 0.4) is 0 Å². The van der Waals surface area contributed by atoms with Crippen LogP contribution in [0.1, 0.15) is 87.0 Å². The molecule has 4 heteroatoms. The molecule has 1 aliphatic rings. The molecule has 1 fully saturated rings. The van der Waals surface area contributed by atoms with E-state index in [1.54, 1.807) is 30.3 Å². The summed E-state index contributed by atoms with van der Waals surface area (Å²) in [5, 5.41) is 0. The van der Waals surface area contributed by atoms with Crippen molar-refractivity contribution in [1.29, 1.82) is 0 Å². The van der Waals surface area contributed by atoms with Crippen LogP contribution in [0, 0.1) is 29.2 Å². The minimum absolute atomic E-state index is 0.00174. The summed E-state index contributed by atoms with van der Waals surface area (Å²) in [5.74, 6) is -2.72. The SMILES string of the molecule is CCCCc1ccc(C2CCC(C=Cc3ccc(CCC)c(F)c3F)CC2)c(F)c1F. The Balaban J connectivity index is 1.63. The number of allylic oxidation sites excluding steroid dienone is 1. The molecule has 0 saturated heterocycles. The lowest BCUT2D eigenvalue weighted by Crippen LogP contribution is -2.14. The predicted octanol–water partition coefficient (Wildman–Crippen LogP) is 8.53. The lowest BCUT2D eigenvalue weighted by molar-refractivity contribution is 0.364. The Morgan fingerprint density at radius 2 is 1.39 bits per heavy atom. The number of aryl methyl sites for hydroxylation is 2. The van der Waals surface area contributed by atoms with Crippen molar-refractivity contribution >= 4 is 6.08 Å². The van der Waals surface area contributed by atoms with Crippen molar-refractivity contribution in [2.75, 3.05) is 0 Å². The molecule has 168 valence electrons. The fourth-order valence-electron chi connectivity index (χ4n) is 4.54. The Bertz CT molecular complexity index is 908. The van der Waals surface area contributed by atoms with E-state index in [4.69, 9.17) is 0 Å². The zero-order valence-electron chi connectivity index (χ0n) is 18.5. The first-order valence-corrected chi connectivity index (χ1v) is 11.6. The van der Waals surface area contributed by atoms with Gasteiger partial charge in [0.2, 0.25) is 0 Å². The van der Waals surface area contributed by atoms with E-state index >= 15 is 0 Å². The number of unbranched alkanes of at least 4 members (excludes halogenated alkanes) is 1. The van der Waals surface area contributed by atoms with E-state index in [9.17, 15) is 17.6 Å². The molecule has 3 rings (SSSR count). The van der Waals surface area contributed by atoms with Crippen molar-refractivity contribution in [2.45, 2.75) is 77.6 Å². The number of halogens is 4. The second-order valence-corrected chi connectivity index (χ2v) is 8.71. The summed E-state index contributed by atoms with van der Waals surface area (Å²) in [6.45, 7) is 3.96. The van der Waals surface area contributed by atoms with E-state index in [-0.39, 0.29) is 17.4 Å². The third kappa shape index (κ3) is 5.58. The van der Waals surface area contributed by atoms with Crippen LogP contribution >= 0.6 is 0 Å². The molecule has 0 unspecified atom stereocenters. The van der Waals surface area contributed by atoms with Crippen molar-refractivity contribution in [3.63, 3.8) is 0 Å². The maximum absolute atomic E-state index is 14.6. The molecule has 0 heterocycles. The maximum Gasteiger partial charge on any atom is 0.166 e. The minimum atomic E-state index is -0.795. The van der Waals surface area contributed by atoms with Crippen molar-refractivity contribution in [3.05, 3.63) is 75.9 Å². The van der Waals surface area contributed by atoms with Crippen LogP contribution in [-0.4, -0.2) is 0 Å². The van der Waals surface area contributed by atoms with Gasteiger partial charge in [0.25, 0.3) is 0 Å². The third-order valence-corrected chi connectivity index (χ3v) is 6.46. The van der Waals surface area contributed by atoms with Gasteiger partial charge in [-0.25, -0.2) is 17.6 Å². The molecule has 2 aromatic rings. The number of hydrogen-bond acceptors (Lipinski definition) is 0. The zero-order valence-corrected chi connectivity index (χ0v) is 18.5. The van der Waals surface area contributed by atoms with Gasteiger partial charge in [-0.05, 0) is 73.5 Å². The molecule has 2 aromatic carbocycles. The van der Waals surface area contributed by atoms with Gasteiger partial charge in [0.1, 0.15) is 0 Å². The summed E-state index contributed by atoms with van der Waals surface area (Å²) < 4.78 is 57.5. The average Bonchev–Trinajstić information content (AvgIpc) is 2.78. The molecule has 0 aromatic heterocycles. The van der Waals surface area contributed by atoms with Crippen molar-refractivity contribution < 1.29 is 17.6 Å². The molecule has 0 nitrogen and oxygen atoms in total. The first kappa shape index (κ1) is 23.6. The van der Waals surface area contributed by atoms with Crippen LogP contribution in [0.25, 0.3) is 6.08 Å². The fraction of sp³-hybridized carbons (Fsp3) is 0.481. The van der Waals surface area contributed by atoms with Crippen molar-refractivity contribution in [3.8, 4) is 0 Å². The number of benzene rings is 2. The third-order valence-electron chi connectivity index (χ3n) is 6.46. The standard InChI is InChI=1S/C27H32F4/c1-3-5-7-21-16-17-23(27(31)26(21)30)19-11-8-18(9-12-19)10-13-22-15-14-20(6-4-2)24(28)25(22)29/h10,13-19H,3-9,11-12H2,1-2H3. The monoisotopic (exact) mass is 432 g/mol. The highest BCUT2D eigenvalue weighted by Crippen LogP contribution is 2.38. The molecule has 0 aliphatic heterocycles. The Morgan fingerprint density at radius 1 is 0.742 bits per heavy atom. The molecular weight excluding hydrogens is 400 g/mol. The summed E-state index contributed by atoms with van der Waals surface area (Å²) in [7, 11) is 0. The van der Waals surface area contributed by atoms with Crippen molar-refractivity contribution in [1.82, 2.24) is 0 Å². The molecule has 0 amide bonds. The largest absolute Gasteiger partial charge is 0.203 e. The number of rotatable bonds is 8. The van der Waals surface area contributed by atoms with E-state index in [1.165, 1.54) is 0 Å². The van der Waals surface area contributed by atoms with Gasteiger partial charge in [-0.2, -0.15) is 0 Å². The summed E-state index contributed by atoms with van der Waals surface area (Å²) in [5.41, 5.74) is 1.60. The molecule has 1 saturated carbocycles. The second kappa shape index (κ2) is 11.0. The Kier molecular flexibility index (Phi) is 8.34. The quantitative estimate of drug-likeness (QED) is 0.367. The van der Waals surface area contributed by atoms with Gasteiger partial charge in [0, 0.05) is 5.56 Å². The van der Waals surface area contributed by atoms with Crippen LogP contribution < -0.4 is 0 Å². The molecule has 31 heavy (non-hydrogen) atoms. The molecule has 0 spiro atoms. The molecule has 0 N–H and O–H groups in total. The summed E-state index contributed by atoms with van der Waals surface area (Å²) in [6.07, 6.45) is 10.4. The van der Waals surface area contributed by atoms with Gasteiger partial charge in [0.15, 0.2) is 23.3 Å². The van der Waals surface area contributed by atoms with Gasteiger partial charge < -0.3 is 0 Å². The summed E-state index contributed by atoms with van der Waals surface area (Å²) in [6, 6.07) is 6.76. The first-order chi connectivity index (χ1) is 15.0. The van der Waals surface area contributed by atoms with Crippen LogP contribution in [-0.2, 0) is 12.8 Å². The van der Waals surface area contributed by atoms with Gasteiger partial charge in [0.05, 0.1) is 0 Å². The highest BCUT2D eigenvalue weighted by molar-refractivity contribution is 5.51. The predicted molar refractivity (Wildman–Crippen MR) is 119 cm³/mol. The summed E-state index contributed by atoms with van der Waals surface area (Å²) in [4.78, 5) is 0. The Labute approximate surface area is 183 Å². The van der Waals surface area contributed by atoms with Gasteiger partial charge in [-0.3, -0.25) is 0 Å². The Hall–Kier alpha value is -2.10. The molecule has 1 aliphatic carbocycles. The number of hydrogen-bond donors (Lipinski definition) is 0. The summed E-state index contributed by atoms with van der Waals surface area (Å²) >= 11 is 0. The smallest absolute Gasteiger partial charge is 0.166 e. The van der Waals surface area contributed by atoms with Crippen LogP contribution in [0.2, 0.25) is 0 Å². The second-order valence-electron chi connectivity index (χ2n) is 8.71. The fourth-order valence-corrected chi connectivity index (χ4v) is 4.54. The molecule has 0 bridgehead atoms. The lowest BCUT2D eigenvalue weighted by atomic mass is 9.78. The zero-order chi connectivity index (χ0) is 22.4. The van der Waals surface area contributed by atoms with Crippen LogP contribution in [0.15, 0.2) is 30.3 Å². The minimum Gasteiger partial charge on any atom is -0.203 e. The van der Waals surface area contributed by atoms with E-state index in [1.807, 2.05) is 19.9 Å². The maximum atomic E-state index is 14.6.